The molecular formula is C22H26N2O4. The number of ether oxygens (including phenoxy) is 2. The van der Waals surface area contributed by atoms with E-state index in [9.17, 15) is 9.59 Å². The number of anilines is 1. The van der Waals surface area contributed by atoms with Crippen LogP contribution in [0, 0.1) is 6.92 Å². The molecule has 6 heteroatoms. The highest BCUT2D eigenvalue weighted by atomic mass is 16.5. The summed E-state index contributed by atoms with van der Waals surface area (Å²) in [5, 5.41) is 5.64. The Morgan fingerprint density at radius 1 is 1.00 bits per heavy atom. The van der Waals surface area contributed by atoms with Crippen LogP contribution in [-0.4, -0.2) is 32.1 Å². The van der Waals surface area contributed by atoms with Crippen molar-refractivity contribution >= 4 is 23.6 Å². The van der Waals surface area contributed by atoms with Gasteiger partial charge < -0.3 is 20.1 Å². The van der Waals surface area contributed by atoms with Crippen LogP contribution in [0.25, 0.3) is 6.08 Å². The summed E-state index contributed by atoms with van der Waals surface area (Å²) in [5.74, 6) is 0.806. The number of amides is 2. The molecule has 0 atom stereocenters. The van der Waals surface area contributed by atoms with E-state index < -0.39 is 0 Å². The fourth-order valence-corrected chi connectivity index (χ4v) is 2.57. The molecular weight excluding hydrogens is 356 g/mol. The fraction of sp³-hybridized carbons (Fsp3) is 0.273. The summed E-state index contributed by atoms with van der Waals surface area (Å²) < 4.78 is 10.4. The highest BCUT2D eigenvalue weighted by molar-refractivity contribution is 6.03. The Balaban J connectivity index is 2.13. The molecule has 0 saturated heterocycles. The van der Waals surface area contributed by atoms with Crippen molar-refractivity contribution in [1.82, 2.24) is 5.32 Å². The van der Waals surface area contributed by atoms with Gasteiger partial charge in [0, 0.05) is 29.4 Å². The number of hydrogen-bond acceptors (Lipinski definition) is 4. The van der Waals surface area contributed by atoms with E-state index in [-0.39, 0.29) is 17.9 Å². The van der Waals surface area contributed by atoms with E-state index in [0.29, 0.717) is 22.7 Å². The quantitative estimate of drug-likeness (QED) is 0.714. The molecule has 0 bridgehead atoms. The van der Waals surface area contributed by atoms with Gasteiger partial charge in [-0.2, -0.15) is 0 Å². The molecule has 6 nitrogen and oxygen atoms in total. The second-order valence-electron chi connectivity index (χ2n) is 6.63. The van der Waals surface area contributed by atoms with Crippen molar-refractivity contribution in [1.29, 1.82) is 0 Å². The smallest absolute Gasteiger partial charge is 0.251 e. The molecule has 0 unspecified atom stereocenters. The van der Waals surface area contributed by atoms with Crippen LogP contribution < -0.4 is 20.1 Å². The van der Waals surface area contributed by atoms with Crippen LogP contribution in [0.3, 0.4) is 0 Å². The Kier molecular flexibility index (Phi) is 7.21. The molecule has 0 aliphatic carbocycles. The Morgan fingerprint density at radius 2 is 1.64 bits per heavy atom. The largest absolute Gasteiger partial charge is 0.497 e. The third-order valence-electron chi connectivity index (χ3n) is 3.97. The van der Waals surface area contributed by atoms with Gasteiger partial charge in [-0.25, -0.2) is 0 Å². The molecule has 0 radical (unpaired) electrons. The van der Waals surface area contributed by atoms with Crippen molar-refractivity contribution in [2.24, 2.45) is 0 Å². The van der Waals surface area contributed by atoms with Gasteiger partial charge in [0.15, 0.2) is 0 Å². The van der Waals surface area contributed by atoms with Gasteiger partial charge in [-0.15, -0.1) is 0 Å². The van der Waals surface area contributed by atoms with E-state index in [1.807, 2.05) is 26.8 Å². The molecule has 2 rings (SSSR count). The van der Waals surface area contributed by atoms with Crippen molar-refractivity contribution in [2.45, 2.75) is 26.8 Å². The lowest BCUT2D eigenvalue weighted by molar-refractivity contribution is -0.111. The summed E-state index contributed by atoms with van der Waals surface area (Å²) in [6.07, 6.45) is 3.09. The summed E-state index contributed by atoms with van der Waals surface area (Å²) in [5.41, 5.74) is 2.70. The minimum Gasteiger partial charge on any atom is -0.497 e. The predicted octanol–water partition coefficient (Wildman–Crippen LogP) is 3.80. The summed E-state index contributed by atoms with van der Waals surface area (Å²) in [4.78, 5) is 24.6. The van der Waals surface area contributed by atoms with E-state index in [0.717, 1.165) is 11.1 Å². The maximum absolute atomic E-state index is 12.3. The number of rotatable bonds is 7. The first-order chi connectivity index (χ1) is 13.3. The number of benzene rings is 2. The Hall–Kier alpha value is -3.28. The van der Waals surface area contributed by atoms with Crippen LogP contribution in [0.1, 0.15) is 35.3 Å². The highest BCUT2D eigenvalue weighted by Gasteiger charge is 2.11. The van der Waals surface area contributed by atoms with Gasteiger partial charge in [-0.05, 0) is 62.2 Å². The van der Waals surface area contributed by atoms with Gasteiger partial charge in [0.05, 0.1) is 14.2 Å². The molecule has 2 aromatic carbocycles. The fourth-order valence-electron chi connectivity index (χ4n) is 2.57. The standard InChI is InChI=1S/C22H26N2O4/c1-14(2)23-22(26)20-12-17(8-6-15(20)3)24-21(25)9-7-16-10-18(27-4)13-19(11-16)28-5/h6-14H,1-5H3,(H,23,26)(H,24,25). The van der Waals surface area contributed by atoms with Gasteiger partial charge in [-0.3, -0.25) is 9.59 Å². The van der Waals surface area contributed by atoms with Crippen molar-refractivity contribution in [3.63, 3.8) is 0 Å². The maximum atomic E-state index is 12.3. The van der Waals surface area contributed by atoms with Gasteiger partial charge in [0.1, 0.15) is 11.5 Å². The summed E-state index contributed by atoms with van der Waals surface area (Å²) in [7, 11) is 3.14. The first-order valence-corrected chi connectivity index (χ1v) is 8.96. The normalized spacial score (nSPS) is 10.8. The van der Waals surface area contributed by atoms with Crippen LogP contribution in [0.4, 0.5) is 5.69 Å². The maximum Gasteiger partial charge on any atom is 0.251 e. The number of carbonyl (C=O) groups excluding carboxylic acids is 2. The van der Waals surface area contributed by atoms with E-state index in [1.165, 1.54) is 6.08 Å². The minimum atomic E-state index is -0.305. The van der Waals surface area contributed by atoms with Crippen LogP contribution >= 0.6 is 0 Å². The number of hydrogen-bond donors (Lipinski definition) is 2. The second kappa shape index (κ2) is 9.60. The van der Waals surface area contributed by atoms with Crippen molar-refractivity contribution in [2.75, 3.05) is 19.5 Å². The number of carbonyl (C=O) groups is 2. The lowest BCUT2D eigenvalue weighted by Gasteiger charge is -2.12. The summed E-state index contributed by atoms with van der Waals surface area (Å²) in [6.45, 7) is 5.66. The van der Waals surface area contributed by atoms with E-state index in [4.69, 9.17) is 9.47 Å². The number of methoxy groups -OCH3 is 2. The molecule has 0 spiro atoms. The van der Waals surface area contributed by atoms with E-state index in [2.05, 4.69) is 10.6 Å². The monoisotopic (exact) mass is 382 g/mol. The van der Waals surface area contributed by atoms with Gasteiger partial charge in [-0.1, -0.05) is 6.07 Å². The zero-order valence-corrected chi connectivity index (χ0v) is 16.8. The SMILES string of the molecule is COc1cc(C=CC(=O)Nc2ccc(C)c(C(=O)NC(C)C)c2)cc(OC)c1. The molecule has 28 heavy (non-hydrogen) atoms. The zero-order chi connectivity index (χ0) is 20.7. The van der Waals surface area contributed by atoms with Crippen LogP contribution in [-0.2, 0) is 4.79 Å². The minimum absolute atomic E-state index is 0.0351. The number of nitrogens with one attached hydrogen (secondary N) is 2. The Labute approximate surface area is 165 Å². The van der Waals surface area contributed by atoms with Gasteiger partial charge in [0.25, 0.3) is 5.91 Å². The van der Waals surface area contributed by atoms with Gasteiger partial charge >= 0.3 is 0 Å². The molecule has 0 fully saturated rings. The summed E-state index contributed by atoms with van der Waals surface area (Å²) in [6, 6.07) is 10.6. The third kappa shape index (κ3) is 5.87. The van der Waals surface area contributed by atoms with E-state index in [1.54, 1.807) is 50.6 Å². The van der Waals surface area contributed by atoms with Crippen molar-refractivity contribution < 1.29 is 19.1 Å². The Bertz CT molecular complexity index is 866. The second-order valence-corrected chi connectivity index (χ2v) is 6.63. The third-order valence-corrected chi connectivity index (χ3v) is 3.97. The molecule has 148 valence electrons. The van der Waals surface area contributed by atoms with Crippen LogP contribution in [0.2, 0.25) is 0 Å². The van der Waals surface area contributed by atoms with E-state index >= 15 is 0 Å². The first kappa shape index (κ1) is 21.0. The van der Waals surface area contributed by atoms with Crippen molar-refractivity contribution in [3.05, 3.63) is 59.2 Å². The molecule has 2 N–H and O–H groups in total. The summed E-state index contributed by atoms with van der Waals surface area (Å²) >= 11 is 0. The van der Waals surface area contributed by atoms with Crippen LogP contribution in [0.5, 0.6) is 11.5 Å². The topological polar surface area (TPSA) is 76.7 Å². The number of aryl methyl sites for hydroxylation is 1. The lowest BCUT2D eigenvalue weighted by Crippen LogP contribution is -2.30. The average molecular weight is 382 g/mol. The zero-order valence-electron chi connectivity index (χ0n) is 16.8. The Morgan fingerprint density at radius 3 is 2.21 bits per heavy atom. The molecule has 0 aromatic heterocycles. The van der Waals surface area contributed by atoms with Crippen molar-refractivity contribution in [3.8, 4) is 11.5 Å². The molecule has 2 amide bonds. The average Bonchev–Trinajstić information content (AvgIpc) is 2.66. The molecule has 0 aliphatic rings. The van der Waals surface area contributed by atoms with Gasteiger partial charge in [0.2, 0.25) is 5.91 Å². The predicted molar refractivity (Wildman–Crippen MR) is 111 cm³/mol. The molecule has 0 heterocycles. The van der Waals surface area contributed by atoms with Crippen LogP contribution in [0.15, 0.2) is 42.5 Å². The highest BCUT2D eigenvalue weighted by Crippen LogP contribution is 2.23. The molecule has 2 aromatic rings. The molecule has 0 aliphatic heterocycles. The lowest BCUT2D eigenvalue weighted by atomic mass is 10.1. The first-order valence-electron chi connectivity index (χ1n) is 8.96. The molecule has 0 saturated carbocycles.